The molecule has 0 saturated heterocycles. The van der Waals surface area contributed by atoms with Crippen LogP contribution < -0.4 is 0 Å². The first-order chi connectivity index (χ1) is 14.9. The second-order valence-electron chi connectivity index (χ2n) is 9.41. The van der Waals surface area contributed by atoms with Gasteiger partial charge in [0, 0.05) is 24.1 Å². The number of hydrogen-bond donors (Lipinski definition) is 2. The molecular weight excluding hydrogens is 390 g/mol. The Morgan fingerprint density at radius 3 is 2.58 bits per heavy atom. The summed E-state index contributed by atoms with van der Waals surface area (Å²) in [7, 11) is 1.73. The van der Waals surface area contributed by atoms with Crippen LogP contribution in [0.25, 0.3) is 0 Å². The van der Waals surface area contributed by atoms with E-state index in [1.54, 1.807) is 11.9 Å². The van der Waals surface area contributed by atoms with Crippen molar-refractivity contribution in [2.45, 2.75) is 103 Å². The van der Waals surface area contributed by atoms with E-state index in [1.165, 1.54) is 5.57 Å². The number of hydrogen-bond acceptors (Lipinski definition) is 4. The fourth-order valence-electron chi connectivity index (χ4n) is 4.98. The highest BCUT2D eigenvalue weighted by Gasteiger charge is 2.27. The number of unbranched alkanes of at least 4 members (excludes halogenated alkanes) is 2. The molecule has 1 amide bonds. The molecule has 0 heterocycles. The maximum atomic E-state index is 12.6. The molecule has 2 N–H and O–H groups in total. The van der Waals surface area contributed by atoms with Gasteiger partial charge in [-0.25, -0.2) is 4.79 Å². The molecule has 3 rings (SSSR count). The molecule has 1 fully saturated rings. The molecule has 0 aliphatic heterocycles. The third kappa shape index (κ3) is 5.96. The van der Waals surface area contributed by atoms with Gasteiger partial charge in [-0.3, -0.25) is 0 Å². The highest BCUT2D eigenvalue weighted by molar-refractivity contribution is 5.68. The maximum absolute atomic E-state index is 12.6. The molecule has 1 unspecified atom stereocenters. The predicted octanol–water partition coefficient (Wildman–Crippen LogP) is 6.56. The predicted molar refractivity (Wildman–Crippen MR) is 124 cm³/mol. The molecular formula is C26H39NO4. The molecule has 0 aromatic heterocycles. The molecule has 2 aliphatic rings. The number of aromatic hydroxyl groups is 2. The summed E-state index contributed by atoms with van der Waals surface area (Å²) in [5.41, 5.74) is 3.56. The summed E-state index contributed by atoms with van der Waals surface area (Å²) < 4.78 is 5.65. The van der Waals surface area contributed by atoms with Crippen LogP contribution in [0.3, 0.4) is 0 Å². The average Bonchev–Trinajstić information content (AvgIpc) is 3.23. The summed E-state index contributed by atoms with van der Waals surface area (Å²) in [5, 5.41) is 22.1. The third-order valence-electron chi connectivity index (χ3n) is 6.78. The number of phenolic OH excluding ortho intramolecular Hbond substituents is 2. The number of allylic oxidation sites excluding steroid dienone is 2. The molecule has 1 saturated carbocycles. The maximum Gasteiger partial charge on any atom is 0.410 e. The Morgan fingerprint density at radius 1 is 1.16 bits per heavy atom. The standard InChI is InChI=1S/C26H39NO4/c1-4-5-6-11-19-16-23(28)24(20-12-9-10-18(2)15-20)25(29)22(19)17-27(3)26(30)31-21-13-7-8-14-21/h15-16,20-21,28-29H,4-14,17H2,1-3H3. The van der Waals surface area contributed by atoms with E-state index in [1.807, 2.05) is 6.07 Å². The highest BCUT2D eigenvalue weighted by Crippen LogP contribution is 2.44. The molecule has 172 valence electrons. The van der Waals surface area contributed by atoms with Gasteiger partial charge in [-0.05, 0) is 76.3 Å². The molecule has 1 atom stereocenters. The van der Waals surface area contributed by atoms with E-state index < -0.39 is 0 Å². The monoisotopic (exact) mass is 429 g/mol. The normalized spacial score (nSPS) is 19.3. The minimum absolute atomic E-state index is 0.00735. The van der Waals surface area contributed by atoms with Crippen LogP contribution in [-0.2, 0) is 17.7 Å². The molecule has 1 aromatic carbocycles. The number of amides is 1. The molecule has 1 aromatic rings. The number of carbonyl (C=O) groups excluding carboxylic acids is 1. The van der Waals surface area contributed by atoms with E-state index in [0.29, 0.717) is 5.56 Å². The zero-order chi connectivity index (χ0) is 22.4. The Kier molecular flexibility index (Phi) is 8.28. The summed E-state index contributed by atoms with van der Waals surface area (Å²) in [6.07, 6.45) is 12.9. The molecule has 2 aliphatic carbocycles. The Bertz CT molecular complexity index is 795. The van der Waals surface area contributed by atoms with Gasteiger partial charge in [0.25, 0.3) is 0 Å². The van der Waals surface area contributed by atoms with E-state index in [0.717, 1.165) is 81.8 Å². The van der Waals surface area contributed by atoms with Crippen molar-refractivity contribution in [1.29, 1.82) is 0 Å². The lowest BCUT2D eigenvalue weighted by molar-refractivity contribution is 0.0700. The van der Waals surface area contributed by atoms with Crippen molar-refractivity contribution in [3.8, 4) is 11.5 Å². The summed E-state index contributed by atoms with van der Waals surface area (Å²) in [6, 6.07) is 1.81. The Balaban J connectivity index is 1.87. The van der Waals surface area contributed by atoms with Crippen LogP contribution >= 0.6 is 0 Å². The first-order valence-electron chi connectivity index (χ1n) is 12.1. The summed E-state index contributed by atoms with van der Waals surface area (Å²) in [5.74, 6) is 0.316. The fourth-order valence-corrected chi connectivity index (χ4v) is 4.98. The van der Waals surface area contributed by atoms with Crippen LogP contribution in [0.4, 0.5) is 4.79 Å². The average molecular weight is 430 g/mol. The van der Waals surface area contributed by atoms with Gasteiger partial charge in [0.1, 0.15) is 17.6 Å². The van der Waals surface area contributed by atoms with Crippen molar-refractivity contribution in [3.05, 3.63) is 34.4 Å². The summed E-state index contributed by atoms with van der Waals surface area (Å²) in [4.78, 5) is 14.2. The number of rotatable bonds is 8. The highest BCUT2D eigenvalue weighted by atomic mass is 16.6. The van der Waals surface area contributed by atoms with Gasteiger partial charge >= 0.3 is 6.09 Å². The largest absolute Gasteiger partial charge is 0.507 e. The lowest BCUT2D eigenvalue weighted by atomic mass is 9.83. The van der Waals surface area contributed by atoms with Gasteiger partial charge < -0.3 is 19.8 Å². The molecule has 5 heteroatoms. The minimum atomic E-state index is -0.339. The van der Waals surface area contributed by atoms with Gasteiger partial charge in [-0.15, -0.1) is 0 Å². The molecule has 5 nitrogen and oxygen atoms in total. The zero-order valence-electron chi connectivity index (χ0n) is 19.5. The minimum Gasteiger partial charge on any atom is -0.507 e. The number of benzene rings is 1. The number of carbonyl (C=O) groups is 1. The Hall–Kier alpha value is -2.17. The van der Waals surface area contributed by atoms with Gasteiger partial charge in [-0.2, -0.15) is 0 Å². The lowest BCUT2D eigenvalue weighted by Gasteiger charge is -2.26. The van der Waals surface area contributed by atoms with Crippen molar-refractivity contribution in [1.82, 2.24) is 4.90 Å². The van der Waals surface area contributed by atoms with Gasteiger partial charge in [0.15, 0.2) is 0 Å². The van der Waals surface area contributed by atoms with E-state index in [-0.39, 0.29) is 36.2 Å². The van der Waals surface area contributed by atoms with Crippen LogP contribution in [-0.4, -0.2) is 34.4 Å². The molecule has 0 spiro atoms. The first kappa shape index (κ1) is 23.5. The molecule has 0 bridgehead atoms. The Labute approximate surface area is 187 Å². The van der Waals surface area contributed by atoms with Crippen LogP contribution in [0.1, 0.15) is 101 Å². The van der Waals surface area contributed by atoms with Gasteiger partial charge in [0.05, 0.1) is 6.54 Å². The number of nitrogens with zero attached hydrogens (tertiary/aromatic N) is 1. The zero-order valence-corrected chi connectivity index (χ0v) is 19.5. The van der Waals surface area contributed by atoms with Crippen LogP contribution in [0.5, 0.6) is 11.5 Å². The summed E-state index contributed by atoms with van der Waals surface area (Å²) >= 11 is 0. The molecule has 31 heavy (non-hydrogen) atoms. The quantitative estimate of drug-likeness (QED) is 0.363. The van der Waals surface area contributed by atoms with E-state index in [2.05, 4.69) is 19.9 Å². The lowest BCUT2D eigenvalue weighted by Crippen LogP contribution is -2.30. The second kappa shape index (κ2) is 10.9. The first-order valence-corrected chi connectivity index (χ1v) is 12.1. The fraction of sp³-hybridized carbons (Fsp3) is 0.654. The second-order valence-corrected chi connectivity index (χ2v) is 9.41. The van der Waals surface area contributed by atoms with Crippen molar-refractivity contribution in [2.24, 2.45) is 0 Å². The SMILES string of the molecule is CCCCCc1cc(O)c(C2C=C(C)CCC2)c(O)c1CN(C)C(=O)OC1CCCC1. The van der Waals surface area contributed by atoms with Crippen molar-refractivity contribution < 1.29 is 19.7 Å². The van der Waals surface area contributed by atoms with Crippen molar-refractivity contribution in [3.63, 3.8) is 0 Å². The third-order valence-corrected chi connectivity index (χ3v) is 6.78. The van der Waals surface area contributed by atoms with Gasteiger partial charge in [-0.1, -0.05) is 31.4 Å². The van der Waals surface area contributed by atoms with Gasteiger partial charge in [0.2, 0.25) is 0 Å². The molecule has 0 radical (unpaired) electrons. The van der Waals surface area contributed by atoms with Crippen LogP contribution in [0.15, 0.2) is 17.7 Å². The summed E-state index contributed by atoms with van der Waals surface area (Å²) in [6.45, 7) is 4.54. The van der Waals surface area contributed by atoms with E-state index >= 15 is 0 Å². The Morgan fingerprint density at radius 2 is 1.90 bits per heavy atom. The smallest absolute Gasteiger partial charge is 0.410 e. The van der Waals surface area contributed by atoms with Crippen molar-refractivity contribution in [2.75, 3.05) is 7.05 Å². The van der Waals surface area contributed by atoms with E-state index in [9.17, 15) is 15.0 Å². The van der Waals surface area contributed by atoms with E-state index in [4.69, 9.17) is 4.74 Å². The number of aryl methyl sites for hydroxylation is 1. The number of ether oxygens (including phenoxy) is 1. The van der Waals surface area contributed by atoms with Crippen molar-refractivity contribution >= 4 is 6.09 Å². The number of phenols is 2. The topological polar surface area (TPSA) is 70.0 Å². The van der Waals surface area contributed by atoms with Crippen LogP contribution in [0.2, 0.25) is 0 Å². The van der Waals surface area contributed by atoms with Crippen LogP contribution in [0, 0.1) is 0 Å².